The Morgan fingerprint density at radius 1 is 1.29 bits per heavy atom. The number of nitrogens with zero attached hydrogens (tertiary/aromatic N) is 2. The second kappa shape index (κ2) is 12.1. The van der Waals surface area contributed by atoms with Gasteiger partial charge in [0.15, 0.2) is 0 Å². The summed E-state index contributed by atoms with van der Waals surface area (Å²) in [6, 6.07) is 9.86. The molecule has 3 amide bonds. The van der Waals surface area contributed by atoms with Gasteiger partial charge in [-0.3, -0.25) is 4.79 Å². The van der Waals surface area contributed by atoms with Crippen molar-refractivity contribution in [2.45, 2.75) is 51.5 Å². The predicted molar refractivity (Wildman–Crippen MR) is 119 cm³/mol. The highest BCUT2D eigenvalue weighted by Gasteiger charge is 2.29. The van der Waals surface area contributed by atoms with Crippen LogP contribution in [0.2, 0.25) is 6.32 Å². The molecule has 9 heteroatoms. The van der Waals surface area contributed by atoms with Crippen LogP contribution in [-0.2, 0) is 4.79 Å². The van der Waals surface area contributed by atoms with Crippen molar-refractivity contribution in [1.29, 1.82) is 5.26 Å². The summed E-state index contributed by atoms with van der Waals surface area (Å²) in [5.41, 5.74) is 0.894. The van der Waals surface area contributed by atoms with Gasteiger partial charge in [-0.15, -0.1) is 0 Å². The van der Waals surface area contributed by atoms with E-state index in [1.165, 1.54) is 0 Å². The van der Waals surface area contributed by atoms with Gasteiger partial charge in [0.1, 0.15) is 11.6 Å². The first-order chi connectivity index (χ1) is 14.8. The maximum Gasteiger partial charge on any atom is 0.453 e. The van der Waals surface area contributed by atoms with Gasteiger partial charge in [0, 0.05) is 25.5 Å². The lowest BCUT2D eigenvalue weighted by molar-refractivity contribution is -0.130. The van der Waals surface area contributed by atoms with Crippen LogP contribution in [0, 0.1) is 17.2 Å². The third-order valence-electron chi connectivity index (χ3n) is 5.19. The third kappa shape index (κ3) is 7.74. The van der Waals surface area contributed by atoms with E-state index < -0.39 is 19.2 Å². The normalized spacial score (nSPS) is 17.6. The number of urea groups is 1. The molecule has 1 aliphatic rings. The Hall–Kier alpha value is -2.83. The molecule has 1 fully saturated rings. The van der Waals surface area contributed by atoms with Crippen molar-refractivity contribution in [2.75, 3.05) is 13.1 Å². The van der Waals surface area contributed by atoms with E-state index in [0.717, 1.165) is 24.8 Å². The monoisotopic (exact) mass is 426 g/mol. The predicted octanol–water partition coefficient (Wildman–Crippen LogP) is 1.99. The molecule has 166 valence electrons. The first kappa shape index (κ1) is 24.4. The maximum atomic E-state index is 12.9. The zero-order valence-corrected chi connectivity index (χ0v) is 18.1. The fourth-order valence-corrected chi connectivity index (χ4v) is 3.72. The zero-order chi connectivity index (χ0) is 22.8. The third-order valence-corrected chi connectivity index (χ3v) is 5.19. The van der Waals surface area contributed by atoms with E-state index in [1.54, 1.807) is 23.1 Å². The number of carbonyl (C=O) groups is 2. The fraction of sp³-hybridized carbons (Fsp3) is 0.500. The van der Waals surface area contributed by atoms with Gasteiger partial charge in [-0.2, -0.15) is 5.26 Å². The molecule has 31 heavy (non-hydrogen) atoms. The summed E-state index contributed by atoms with van der Waals surface area (Å²) >= 11 is 0. The number of nitrogens with one attached hydrogen (secondary N) is 2. The highest BCUT2D eigenvalue weighted by molar-refractivity contribution is 6.41. The quantitative estimate of drug-likeness (QED) is 0.287. The van der Waals surface area contributed by atoms with Gasteiger partial charge in [0.2, 0.25) is 0 Å². The van der Waals surface area contributed by atoms with Gasteiger partial charge in [0.25, 0.3) is 5.91 Å². The van der Waals surface area contributed by atoms with E-state index >= 15 is 0 Å². The van der Waals surface area contributed by atoms with Crippen LogP contribution in [0.15, 0.2) is 42.0 Å². The number of carbonyl (C=O) groups excluding carboxylic acids is 2. The highest BCUT2D eigenvalue weighted by Crippen LogP contribution is 2.20. The van der Waals surface area contributed by atoms with Crippen LogP contribution >= 0.6 is 0 Å². The lowest BCUT2D eigenvalue weighted by Crippen LogP contribution is -2.51. The number of benzene rings is 1. The maximum absolute atomic E-state index is 12.9. The Morgan fingerprint density at radius 3 is 2.61 bits per heavy atom. The van der Waals surface area contributed by atoms with Crippen molar-refractivity contribution >= 4 is 19.1 Å². The minimum absolute atomic E-state index is 0.0446. The first-order valence-corrected chi connectivity index (χ1v) is 10.7. The number of piperidine rings is 1. The molecular formula is C22H31BN4O4. The van der Waals surface area contributed by atoms with Crippen LogP contribution in [0.3, 0.4) is 0 Å². The molecule has 0 saturated carbocycles. The summed E-state index contributed by atoms with van der Waals surface area (Å²) in [5.74, 6) is -0.212. The molecule has 1 aromatic rings. The smallest absolute Gasteiger partial charge is 0.427 e. The first-order valence-electron chi connectivity index (χ1n) is 10.7. The van der Waals surface area contributed by atoms with Crippen LogP contribution in [0.5, 0.6) is 0 Å². The van der Waals surface area contributed by atoms with Crippen LogP contribution in [0.4, 0.5) is 4.79 Å². The van der Waals surface area contributed by atoms with E-state index in [1.807, 2.05) is 38.1 Å². The van der Waals surface area contributed by atoms with Crippen molar-refractivity contribution < 1.29 is 19.6 Å². The van der Waals surface area contributed by atoms with Crippen molar-refractivity contribution in [3.8, 4) is 6.07 Å². The molecule has 4 N–H and O–H groups in total. The Balaban J connectivity index is 2.01. The molecule has 8 nitrogen and oxygen atoms in total. The van der Waals surface area contributed by atoms with Crippen molar-refractivity contribution in [2.24, 2.45) is 5.92 Å². The van der Waals surface area contributed by atoms with Crippen LogP contribution in [-0.4, -0.2) is 53.1 Å². The van der Waals surface area contributed by atoms with Crippen LogP contribution < -0.4 is 10.6 Å². The minimum atomic E-state index is -1.56. The molecule has 1 aromatic carbocycles. The molecule has 0 aromatic heterocycles. The van der Waals surface area contributed by atoms with Crippen molar-refractivity contribution in [1.82, 2.24) is 15.5 Å². The average molecular weight is 426 g/mol. The van der Waals surface area contributed by atoms with E-state index in [2.05, 4.69) is 10.6 Å². The number of nitriles is 1. The summed E-state index contributed by atoms with van der Waals surface area (Å²) in [4.78, 5) is 27.0. The molecule has 0 unspecified atom stereocenters. The Bertz CT molecular complexity index is 807. The number of hydrogen-bond acceptors (Lipinski definition) is 5. The van der Waals surface area contributed by atoms with Crippen molar-refractivity contribution in [3.05, 3.63) is 47.5 Å². The lowest BCUT2D eigenvalue weighted by atomic mass is 9.79. The van der Waals surface area contributed by atoms with Gasteiger partial charge in [-0.25, -0.2) is 4.79 Å². The van der Waals surface area contributed by atoms with Gasteiger partial charge >= 0.3 is 13.1 Å². The SMILES string of the molecule is CC(C)C=C(C#N)C(=O)N1CCCC[C@@H]1CNC(=O)N[C@H](CB(O)O)c1ccccc1. The summed E-state index contributed by atoms with van der Waals surface area (Å²) in [6.07, 6.45) is 4.16. The van der Waals surface area contributed by atoms with Gasteiger partial charge < -0.3 is 25.6 Å². The summed E-state index contributed by atoms with van der Waals surface area (Å²) in [5, 5.41) is 33.7. The molecule has 2 rings (SSSR count). The zero-order valence-electron chi connectivity index (χ0n) is 18.1. The number of rotatable bonds is 8. The lowest BCUT2D eigenvalue weighted by Gasteiger charge is -2.36. The summed E-state index contributed by atoms with van der Waals surface area (Å²) in [6.45, 7) is 4.63. The van der Waals surface area contributed by atoms with Crippen LogP contribution in [0.25, 0.3) is 0 Å². The Labute approximate surface area is 184 Å². The number of allylic oxidation sites excluding steroid dienone is 1. The van der Waals surface area contributed by atoms with Crippen molar-refractivity contribution in [3.63, 3.8) is 0 Å². The molecule has 1 saturated heterocycles. The van der Waals surface area contributed by atoms with E-state index in [4.69, 9.17) is 0 Å². The van der Waals surface area contributed by atoms with Crippen LogP contribution in [0.1, 0.15) is 44.7 Å². The average Bonchev–Trinajstić information content (AvgIpc) is 2.75. The molecule has 2 atom stereocenters. The number of hydrogen-bond donors (Lipinski definition) is 4. The van der Waals surface area contributed by atoms with E-state index in [0.29, 0.717) is 6.54 Å². The second-order valence-electron chi connectivity index (χ2n) is 8.12. The van der Waals surface area contributed by atoms with Gasteiger partial charge in [-0.05, 0) is 30.7 Å². The Kier molecular flexibility index (Phi) is 9.57. The molecule has 0 spiro atoms. The highest BCUT2D eigenvalue weighted by atomic mass is 16.4. The largest absolute Gasteiger partial charge is 0.453 e. The number of amides is 3. The molecule has 0 bridgehead atoms. The molecule has 0 aliphatic carbocycles. The molecular weight excluding hydrogens is 395 g/mol. The topological polar surface area (TPSA) is 126 Å². The van der Waals surface area contributed by atoms with E-state index in [9.17, 15) is 24.9 Å². The summed E-state index contributed by atoms with van der Waals surface area (Å²) < 4.78 is 0. The van der Waals surface area contributed by atoms with Gasteiger partial charge in [-0.1, -0.05) is 50.3 Å². The molecule has 1 heterocycles. The molecule has 1 aliphatic heterocycles. The molecule has 0 radical (unpaired) electrons. The number of likely N-dealkylation sites (tertiary alicyclic amines) is 1. The van der Waals surface area contributed by atoms with Gasteiger partial charge in [0.05, 0.1) is 6.04 Å². The summed E-state index contributed by atoms with van der Waals surface area (Å²) in [7, 11) is -1.56. The standard InChI is InChI=1S/C22H31BN4O4/c1-16(2)12-18(14-24)21(28)27-11-7-6-10-19(27)15-25-22(29)26-20(13-23(30)31)17-8-4-3-5-9-17/h3-5,8-9,12,16,19-20,30-31H,6-7,10-11,13,15H2,1-2H3,(H2,25,26,29)/t19-,20-/m1/s1. The van der Waals surface area contributed by atoms with E-state index in [-0.39, 0.29) is 36.3 Å². The Morgan fingerprint density at radius 2 is 2.00 bits per heavy atom. The fourth-order valence-electron chi connectivity index (χ4n) is 3.72. The minimum Gasteiger partial charge on any atom is -0.427 e. The second-order valence-corrected chi connectivity index (χ2v) is 8.12.